The molecule has 0 atom stereocenters. The van der Waals surface area contributed by atoms with Gasteiger partial charge in [0, 0.05) is 19.3 Å². The van der Waals surface area contributed by atoms with Gasteiger partial charge in [0.25, 0.3) is 0 Å². The van der Waals surface area contributed by atoms with Crippen LogP contribution in [0.25, 0.3) is 0 Å². The topological polar surface area (TPSA) is 0 Å². The second kappa shape index (κ2) is 10.7. The van der Waals surface area contributed by atoms with Crippen molar-refractivity contribution in [3.8, 4) is 0 Å². The normalized spacial score (nSPS) is 12.9. The van der Waals surface area contributed by atoms with E-state index in [9.17, 15) is 0 Å². The lowest BCUT2D eigenvalue weighted by atomic mass is 9.79. The Hall–Kier alpha value is -0.0400. The Balaban J connectivity index is 5.08. The van der Waals surface area contributed by atoms with Crippen LogP contribution in [0.4, 0.5) is 0 Å². The molecule has 0 aromatic rings. The fraction of sp³-hybridized carbons (Fsp3) is 1.00. The predicted molar refractivity (Wildman–Crippen MR) is 93.2 cm³/mol. The van der Waals surface area contributed by atoms with Gasteiger partial charge in [-0.3, -0.25) is 0 Å². The molecule has 0 aliphatic carbocycles. The van der Waals surface area contributed by atoms with Crippen LogP contribution in [0.5, 0.6) is 0 Å². The number of rotatable bonds is 13. The van der Waals surface area contributed by atoms with Gasteiger partial charge in [-0.1, -0.05) is 53.4 Å². The largest absolute Gasteiger partial charge is 0.324 e. The van der Waals surface area contributed by atoms with Crippen LogP contribution >= 0.6 is 0 Å². The van der Waals surface area contributed by atoms with E-state index in [0.29, 0.717) is 5.54 Å². The first-order valence-corrected chi connectivity index (χ1v) is 9.32. The van der Waals surface area contributed by atoms with E-state index in [2.05, 4.69) is 41.8 Å². The Bertz CT molecular complexity index is 198. The molecule has 0 spiro atoms. The number of quaternary nitrogens is 1. The highest BCUT2D eigenvalue weighted by molar-refractivity contribution is 4.81. The van der Waals surface area contributed by atoms with Gasteiger partial charge >= 0.3 is 0 Å². The molecule has 0 saturated carbocycles. The summed E-state index contributed by atoms with van der Waals surface area (Å²) in [4.78, 5) is 0. The molecule has 0 aliphatic heterocycles. The minimum Gasteiger partial charge on any atom is -0.324 e. The molecule has 20 heavy (non-hydrogen) atoms. The average molecular weight is 285 g/mol. The van der Waals surface area contributed by atoms with Crippen molar-refractivity contribution in [2.24, 2.45) is 0 Å². The Kier molecular flexibility index (Phi) is 10.6. The average Bonchev–Trinajstić information content (AvgIpc) is 2.44. The summed E-state index contributed by atoms with van der Waals surface area (Å²) in [5.41, 5.74) is 0.539. The van der Waals surface area contributed by atoms with Gasteiger partial charge in [0.1, 0.15) is 0 Å². The van der Waals surface area contributed by atoms with E-state index in [4.69, 9.17) is 0 Å². The summed E-state index contributed by atoms with van der Waals surface area (Å²) in [7, 11) is 5.02. The van der Waals surface area contributed by atoms with E-state index in [1.54, 1.807) is 0 Å². The number of hydrogen-bond donors (Lipinski definition) is 0. The molecule has 0 fully saturated rings. The molecule has 0 amide bonds. The lowest BCUT2D eigenvalue weighted by molar-refractivity contribution is -0.944. The van der Waals surface area contributed by atoms with Crippen molar-refractivity contribution in [3.05, 3.63) is 0 Å². The van der Waals surface area contributed by atoms with E-state index >= 15 is 0 Å². The lowest BCUT2D eigenvalue weighted by Crippen LogP contribution is -2.60. The molecule has 0 radical (unpaired) electrons. The van der Waals surface area contributed by atoms with Crippen molar-refractivity contribution < 1.29 is 4.48 Å². The maximum atomic E-state index is 2.51. The van der Waals surface area contributed by atoms with E-state index in [0.717, 1.165) is 0 Å². The molecule has 0 heterocycles. The van der Waals surface area contributed by atoms with E-state index < -0.39 is 0 Å². The Morgan fingerprint density at radius 2 is 0.950 bits per heavy atom. The molecule has 0 N–H and O–H groups in total. The molecule has 122 valence electrons. The molecule has 0 unspecified atom stereocenters. The fourth-order valence-corrected chi connectivity index (χ4v) is 3.59. The van der Waals surface area contributed by atoms with Gasteiger partial charge in [0.15, 0.2) is 0 Å². The molecular weight excluding hydrogens is 242 g/mol. The third kappa shape index (κ3) is 6.16. The van der Waals surface area contributed by atoms with Crippen LogP contribution in [0.15, 0.2) is 0 Å². The lowest BCUT2D eigenvalue weighted by Gasteiger charge is -2.50. The SMILES string of the molecule is CCCCC(CCCC)(CCCC)[N+](C)(C)CCCC. The quantitative estimate of drug-likeness (QED) is 0.355. The van der Waals surface area contributed by atoms with Crippen LogP contribution in [0.1, 0.15) is 98.3 Å². The number of nitrogens with zero attached hydrogens (tertiary/aromatic N) is 1. The maximum Gasteiger partial charge on any atom is 0.0988 e. The van der Waals surface area contributed by atoms with Crippen molar-refractivity contribution in [2.75, 3.05) is 20.6 Å². The Labute approximate surface area is 129 Å². The molecular formula is C19H42N+. The number of hydrogen-bond acceptors (Lipinski definition) is 0. The minimum atomic E-state index is 0.539. The highest BCUT2D eigenvalue weighted by Crippen LogP contribution is 2.37. The van der Waals surface area contributed by atoms with Gasteiger partial charge in [0.2, 0.25) is 0 Å². The first kappa shape index (κ1) is 20.0. The summed E-state index contributed by atoms with van der Waals surface area (Å²) in [6.07, 6.45) is 15.2. The molecule has 0 saturated heterocycles. The molecule has 0 aliphatic rings. The molecule has 0 rings (SSSR count). The van der Waals surface area contributed by atoms with Gasteiger partial charge in [-0.25, -0.2) is 0 Å². The smallest absolute Gasteiger partial charge is 0.0988 e. The first-order chi connectivity index (χ1) is 9.49. The van der Waals surface area contributed by atoms with E-state index in [1.165, 1.54) is 81.7 Å². The van der Waals surface area contributed by atoms with Crippen LogP contribution < -0.4 is 0 Å². The second-order valence-electron chi connectivity index (χ2n) is 7.30. The van der Waals surface area contributed by atoms with E-state index in [1.807, 2.05) is 0 Å². The van der Waals surface area contributed by atoms with Crippen LogP contribution in [-0.4, -0.2) is 30.7 Å². The van der Waals surface area contributed by atoms with Crippen LogP contribution in [0.2, 0.25) is 0 Å². The second-order valence-corrected chi connectivity index (χ2v) is 7.30. The third-order valence-corrected chi connectivity index (χ3v) is 5.34. The van der Waals surface area contributed by atoms with Crippen LogP contribution in [0, 0.1) is 0 Å². The highest BCUT2D eigenvalue weighted by Gasteiger charge is 2.43. The third-order valence-electron chi connectivity index (χ3n) is 5.34. The van der Waals surface area contributed by atoms with Crippen molar-refractivity contribution in [1.29, 1.82) is 0 Å². The van der Waals surface area contributed by atoms with Gasteiger partial charge < -0.3 is 4.48 Å². The summed E-state index contributed by atoms with van der Waals surface area (Å²) in [6, 6.07) is 0. The number of unbranched alkanes of at least 4 members (excludes halogenated alkanes) is 4. The predicted octanol–water partition coefficient (Wildman–Crippen LogP) is 6.17. The Morgan fingerprint density at radius 3 is 1.25 bits per heavy atom. The molecule has 0 aromatic heterocycles. The zero-order valence-electron chi connectivity index (χ0n) is 15.4. The van der Waals surface area contributed by atoms with Gasteiger partial charge in [-0.2, -0.15) is 0 Å². The zero-order chi connectivity index (χ0) is 15.5. The highest BCUT2D eigenvalue weighted by atomic mass is 15.4. The summed E-state index contributed by atoms with van der Waals surface area (Å²) in [6.45, 7) is 10.7. The van der Waals surface area contributed by atoms with Crippen LogP contribution in [-0.2, 0) is 0 Å². The van der Waals surface area contributed by atoms with Crippen LogP contribution in [0.3, 0.4) is 0 Å². The van der Waals surface area contributed by atoms with E-state index in [-0.39, 0.29) is 0 Å². The maximum absolute atomic E-state index is 2.51. The van der Waals surface area contributed by atoms with Gasteiger partial charge in [0.05, 0.1) is 26.2 Å². The Morgan fingerprint density at radius 1 is 0.600 bits per heavy atom. The summed E-state index contributed by atoms with van der Waals surface area (Å²) >= 11 is 0. The molecule has 1 nitrogen and oxygen atoms in total. The van der Waals surface area contributed by atoms with Crippen molar-refractivity contribution >= 4 is 0 Å². The fourth-order valence-electron chi connectivity index (χ4n) is 3.59. The summed E-state index contributed by atoms with van der Waals surface area (Å²) in [5, 5.41) is 0. The summed E-state index contributed by atoms with van der Waals surface area (Å²) < 4.78 is 1.25. The molecule has 1 heteroatoms. The van der Waals surface area contributed by atoms with Crippen molar-refractivity contribution in [2.45, 2.75) is 104 Å². The van der Waals surface area contributed by atoms with Gasteiger partial charge in [-0.05, 0) is 25.7 Å². The first-order valence-electron chi connectivity index (χ1n) is 9.32. The molecule has 0 aromatic carbocycles. The minimum absolute atomic E-state index is 0.539. The monoisotopic (exact) mass is 284 g/mol. The zero-order valence-corrected chi connectivity index (χ0v) is 15.4. The molecule has 0 bridgehead atoms. The van der Waals surface area contributed by atoms with Crippen molar-refractivity contribution in [3.63, 3.8) is 0 Å². The van der Waals surface area contributed by atoms with Gasteiger partial charge in [-0.15, -0.1) is 0 Å². The van der Waals surface area contributed by atoms with Crippen molar-refractivity contribution in [1.82, 2.24) is 0 Å². The standard InChI is InChI=1S/C19H42N/c1-7-11-15-19(16-12-8-2,17-13-9-3)20(5,6)18-14-10-4/h7-18H2,1-6H3/q+1. The summed E-state index contributed by atoms with van der Waals surface area (Å²) in [5.74, 6) is 0.